The summed E-state index contributed by atoms with van der Waals surface area (Å²) in [5.41, 5.74) is 6.11. The van der Waals surface area contributed by atoms with E-state index in [9.17, 15) is 4.79 Å². The predicted molar refractivity (Wildman–Crippen MR) is 151 cm³/mol. The Kier molecular flexibility index (Phi) is 9.06. The number of rotatable bonds is 11. The molecule has 1 heterocycles. The molecule has 10 nitrogen and oxygen atoms in total. The van der Waals surface area contributed by atoms with Gasteiger partial charge in [-0.15, -0.1) is 10.2 Å². The summed E-state index contributed by atoms with van der Waals surface area (Å²) in [6, 6.07) is 19.1. The first-order chi connectivity index (χ1) is 19.0. The van der Waals surface area contributed by atoms with Gasteiger partial charge in [-0.2, -0.15) is 5.10 Å². The lowest BCUT2D eigenvalue weighted by Crippen LogP contribution is -2.20. The second-order valence-corrected chi connectivity index (χ2v) is 9.19. The van der Waals surface area contributed by atoms with Crippen LogP contribution in [-0.2, 0) is 4.79 Å². The highest BCUT2D eigenvalue weighted by molar-refractivity contribution is 7.99. The summed E-state index contributed by atoms with van der Waals surface area (Å²) >= 11 is 1.26. The van der Waals surface area contributed by atoms with Gasteiger partial charge in [-0.3, -0.25) is 9.36 Å². The van der Waals surface area contributed by atoms with Gasteiger partial charge in [-0.25, -0.2) is 5.43 Å². The Hall–Kier alpha value is -4.51. The number of carbonyl (C=O) groups is 1. The molecule has 0 spiro atoms. The van der Waals surface area contributed by atoms with E-state index in [1.54, 1.807) is 19.2 Å². The fraction of sp³-hybridized carbons (Fsp3) is 0.214. The van der Waals surface area contributed by atoms with Gasteiger partial charge in [0.05, 0.1) is 40.4 Å². The van der Waals surface area contributed by atoms with Gasteiger partial charge in [0, 0.05) is 16.8 Å². The van der Waals surface area contributed by atoms with Crippen molar-refractivity contribution < 1.29 is 23.7 Å². The molecule has 0 atom stereocenters. The van der Waals surface area contributed by atoms with Crippen LogP contribution in [-0.4, -0.2) is 61.1 Å². The summed E-state index contributed by atoms with van der Waals surface area (Å²) in [6.45, 7) is 2.03. The summed E-state index contributed by atoms with van der Waals surface area (Å²) in [4.78, 5) is 12.6. The molecule has 3 aromatic carbocycles. The monoisotopic (exact) mass is 547 g/mol. The number of benzene rings is 3. The van der Waals surface area contributed by atoms with Crippen LogP contribution in [0.15, 0.2) is 70.9 Å². The number of methoxy groups -OCH3 is 4. The van der Waals surface area contributed by atoms with Gasteiger partial charge in [0.1, 0.15) is 5.75 Å². The molecule has 1 amide bonds. The molecule has 1 N–H and O–H groups in total. The van der Waals surface area contributed by atoms with Crippen LogP contribution >= 0.6 is 11.8 Å². The van der Waals surface area contributed by atoms with Crippen LogP contribution in [0.1, 0.15) is 11.1 Å². The Morgan fingerprint density at radius 2 is 1.59 bits per heavy atom. The highest BCUT2D eigenvalue weighted by atomic mass is 32.2. The minimum absolute atomic E-state index is 0.0825. The Labute approximate surface area is 231 Å². The molecule has 4 aromatic rings. The second kappa shape index (κ2) is 12.8. The lowest BCUT2D eigenvalue weighted by molar-refractivity contribution is -0.118. The number of amides is 1. The summed E-state index contributed by atoms with van der Waals surface area (Å²) in [7, 11) is 6.23. The summed E-state index contributed by atoms with van der Waals surface area (Å²) in [5, 5.41) is 13.5. The maximum Gasteiger partial charge on any atom is 0.250 e. The van der Waals surface area contributed by atoms with Crippen molar-refractivity contribution in [2.45, 2.75) is 12.1 Å². The predicted octanol–water partition coefficient (Wildman–Crippen LogP) is 4.52. The molecular formula is C28H29N5O5S. The molecule has 4 rings (SSSR count). The Bertz CT molecular complexity index is 1430. The zero-order valence-corrected chi connectivity index (χ0v) is 23.1. The number of nitrogens with one attached hydrogen (secondary N) is 1. The van der Waals surface area contributed by atoms with Crippen LogP contribution in [0.3, 0.4) is 0 Å². The summed E-state index contributed by atoms with van der Waals surface area (Å²) in [6.07, 6.45) is 1.50. The van der Waals surface area contributed by atoms with Gasteiger partial charge in [0.2, 0.25) is 5.75 Å². The molecule has 1 aromatic heterocycles. The lowest BCUT2D eigenvalue weighted by atomic mass is 10.2. The number of thioether (sulfide) groups is 1. The van der Waals surface area contributed by atoms with Crippen molar-refractivity contribution in [3.63, 3.8) is 0 Å². The molecule has 0 aliphatic rings. The lowest BCUT2D eigenvalue weighted by Gasteiger charge is -2.12. The van der Waals surface area contributed by atoms with Crippen molar-refractivity contribution in [3.8, 4) is 40.1 Å². The molecule has 202 valence electrons. The van der Waals surface area contributed by atoms with E-state index in [4.69, 9.17) is 18.9 Å². The molecule has 0 aliphatic heterocycles. The molecule has 39 heavy (non-hydrogen) atoms. The van der Waals surface area contributed by atoms with Crippen molar-refractivity contribution in [1.29, 1.82) is 0 Å². The number of carbonyl (C=O) groups excluding carboxylic acids is 1. The van der Waals surface area contributed by atoms with Gasteiger partial charge < -0.3 is 18.9 Å². The van der Waals surface area contributed by atoms with Crippen molar-refractivity contribution in [3.05, 3.63) is 71.8 Å². The first-order valence-electron chi connectivity index (χ1n) is 11.9. The molecular weight excluding hydrogens is 518 g/mol. The van der Waals surface area contributed by atoms with E-state index in [2.05, 4.69) is 20.7 Å². The molecule has 11 heteroatoms. The van der Waals surface area contributed by atoms with Crippen molar-refractivity contribution >= 4 is 23.9 Å². The average Bonchev–Trinajstić information content (AvgIpc) is 3.39. The normalized spacial score (nSPS) is 10.9. The number of aryl methyl sites for hydroxylation is 1. The van der Waals surface area contributed by atoms with Crippen LogP contribution in [0.5, 0.6) is 23.0 Å². The molecule has 0 unspecified atom stereocenters. The van der Waals surface area contributed by atoms with Gasteiger partial charge in [-0.1, -0.05) is 29.5 Å². The quantitative estimate of drug-likeness (QED) is 0.166. The van der Waals surface area contributed by atoms with E-state index in [-0.39, 0.29) is 11.7 Å². The van der Waals surface area contributed by atoms with Crippen LogP contribution in [0, 0.1) is 6.92 Å². The molecule has 0 radical (unpaired) electrons. The minimum Gasteiger partial charge on any atom is -0.497 e. The van der Waals surface area contributed by atoms with Crippen molar-refractivity contribution in [2.75, 3.05) is 34.2 Å². The number of nitrogens with zero attached hydrogens (tertiary/aromatic N) is 4. The van der Waals surface area contributed by atoms with E-state index < -0.39 is 0 Å². The van der Waals surface area contributed by atoms with Crippen LogP contribution in [0.4, 0.5) is 0 Å². The number of hydrogen-bond donors (Lipinski definition) is 1. The standard InChI is InChI=1S/C28H29N5O5S/c1-18-6-10-21(11-7-18)33-27(20-8-12-22(35-2)13-9-20)31-32-28(33)39-17-25(34)30-29-16-19-14-23(36-3)26(38-5)24(15-19)37-4/h6-16H,17H2,1-5H3,(H,30,34). The van der Waals surface area contributed by atoms with E-state index in [1.807, 2.05) is 60.0 Å². The molecule has 0 aliphatic carbocycles. The van der Waals surface area contributed by atoms with Gasteiger partial charge >= 0.3 is 0 Å². The number of ether oxygens (including phenoxy) is 4. The zero-order chi connectivity index (χ0) is 27.8. The third kappa shape index (κ3) is 6.50. The van der Waals surface area contributed by atoms with Crippen molar-refractivity contribution in [2.24, 2.45) is 5.10 Å². The van der Waals surface area contributed by atoms with Crippen LogP contribution in [0.25, 0.3) is 17.1 Å². The molecule has 0 saturated carbocycles. The van der Waals surface area contributed by atoms with E-state index in [0.29, 0.717) is 33.8 Å². The number of hydrogen-bond acceptors (Lipinski definition) is 9. The maximum absolute atomic E-state index is 12.6. The van der Waals surface area contributed by atoms with Crippen LogP contribution < -0.4 is 24.4 Å². The number of hydrazone groups is 1. The minimum atomic E-state index is -0.298. The first-order valence-corrected chi connectivity index (χ1v) is 12.9. The zero-order valence-electron chi connectivity index (χ0n) is 22.3. The smallest absolute Gasteiger partial charge is 0.250 e. The third-order valence-electron chi connectivity index (χ3n) is 5.70. The summed E-state index contributed by atoms with van der Waals surface area (Å²) < 4.78 is 23.2. The second-order valence-electron chi connectivity index (χ2n) is 8.25. The average molecular weight is 548 g/mol. The maximum atomic E-state index is 12.6. The first kappa shape index (κ1) is 27.5. The Morgan fingerprint density at radius 3 is 2.18 bits per heavy atom. The Morgan fingerprint density at radius 1 is 0.923 bits per heavy atom. The molecule has 0 fully saturated rings. The van der Waals surface area contributed by atoms with E-state index >= 15 is 0 Å². The van der Waals surface area contributed by atoms with E-state index in [1.165, 1.54) is 39.3 Å². The van der Waals surface area contributed by atoms with Crippen molar-refractivity contribution in [1.82, 2.24) is 20.2 Å². The topological polar surface area (TPSA) is 109 Å². The number of aromatic nitrogens is 3. The van der Waals surface area contributed by atoms with Gasteiger partial charge in [0.15, 0.2) is 22.5 Å². The fourth-order valence-corrected chi connectivity index (χ4v) is 4.48. The fourth-order valence-electron chi connectivity index (χ4n) is 3.73. The molecule has 0 saturated heterocycles. The van der Waals surface area contributed by atoms with Crippen LogP contribution in [0.2, 0.25) is 0 Å². The molecule has 0 bridgehead atoms. The summed E-state index contributed by atoms with van der Waals surface area (Å²) in [5.74, 6) is 2.64. The highest BCUT2D eigenvalue weighted by Crippen LogP contribution is 2.37. The van der Waals surface area contributed by atoms with Gasteiger partial charge in [0.25, 0.3) is 5.91 Å². The highest BCUT2D eigenvalue weighted by Gasteiger charge is 2.18. The largest absolute Gasteiger partial charge is 0.497 e. The third-order valence-corrected chi connectivity index (χ3v) is 6.62. The SMILES string of the molecule is COc1ccc(-c2nnc(SCC(=O)NN=Cc3cc(OC)c(OC)c(OC)c3)n2-c2ccc(C)cc2)cc1. The van der Waals surface area contributed by atoms with E-state index in [0.717, 1.165) is 22.6 Å². The van der Waals surface area contributed by atoms with Gasteiger partial charge in [-0.05, 0) is 55.5 Å². The Balaban J connectivity index is 1.50.